The van der Waals surface area contributed by atoms with Crippen molar-refractivity contribution in [3.05, 3.63) is 0 Å². The summed E-state index contributed by atoms with van der Waals surface area (Å²) in [4.78, 5) is 0. The van der Waals surface area contributed by atoms with Crippen molar-refractivity contribution < 1.29 is 4.39 Å². The fourth-order valence-corrected chi connectivity index (χ4v) is 7.25. The molecule has 1 heteroatoms. The molecule has 0 bridgehead atoms. The number of rotatable bonds is 7. The Morgan fingerprint density at radius 1 is 0.750 bits per heavy atom. The Morgan fingerprint density at radius 3 is 1.93 bits per heavy atom. The maximum atomic E-state index is 15.2. The van der Waals surface area contributed by atoms with E-state index in [1.54, 1.807) is 0 Å². The van der Waals surface area contributed by atoms with Crippen molar-refractivity contribution in [3.63, 3.8) is 0 Å². The van der Waals surface area contributed by atoms with Crippen LogP contribution < -0.4 is 0 Å². The number of hydrogen-bond acceptors (Lipinski definition) is 0. The lowest BCUT2D eigenvalue weighted by atomic mass is 9.63. The molecule has 0 N–H and O–H groups in total. The maximum Gasteiger partial charge on any atom is 0.103 e. The van der Waals surface area contributed by atoms with Crippen LogP contribution in [0.3, 0.4) is 0 Å². The summed E-state index contributed by atoms with van der Waals surface area (Å²) in [5.74, 6) is 6.27. The first kappa shape index (κ1) is 22.6. The van der Waals surface area contributed by atoms with E-state index in [1.165, 1.54) is 83.5 Å². The molecular formula is C27H49F. The van der Waals surface area contributed by atoms with E-state index in [4.69, 9.17) is 0 Å². The maximum absolute atomic E-state index is 15.2. The van der Waals surface area contributed by atoms with Gasteiger partial charge in [0.15, 0.2) is 0 Å². The molecule has 0 aromatic carbocycles. The Morgan fingerprint density at radius 2 is 1.36 bits per heavy atom. The van der Waals surface area contributed by atoms with E-state index in [-0.39, 0.29) is 0 Å². The molecule has 4 atom stereocenters. The van der Waals surface area contributed by atoms with Crippen LogP contribution in [-0.2, 0) is 0 Å². The van der Waals surface area contributed by atoms with Gasteiger partial charge in [-0.1, -0.05) is 53.4 Å². The molecule has 0 heterocycles. The second-order valence-corrected chi connectivity index (χ2v) is 11.6. The minimum Gasteiger partial charge on any atom is -0.247 e. The lowest BCUT2D eigenvalue weighted by Crippen LogP contribution is -2.36. The monoisotopic (exact) mass is 392 g/mol. The van der Waals surface area contributed by atoms with Gasteiger partial charge in [-0.2, -0.15) is 0 Å². The summed E-state index contributed by atoms with van der Waals surface area (Å²) in [5.41, 5.74) is 0. The second kappa shape index (κ2) is 10.8. The molecule has 0 aromatic heterocycles. The van der Waals surface area contributed by atoms with E-state index >= 15 is 4.39 Å². The molecule has 3 saturated carbocycles. The van der Waals surface area contributed by atoms with Crippen LogP contribution in [0.5, 0.6) is 0 Å². The van der Waals surface area contributed by atoms with Crippen molar-refractivity contribution in [3.8, 4) is 0 Å². The zero-order valence-electron chi connectivity index (χ0n) is 19.5. The average molecular weight is 393 g/mol. The van der Waals surface area contributed by atoms with E-state index in [2.05, 4.69) is 27.7 Å². The minimum atomic E-state index is -0.496. The minimum absolute atomic E-state index is 0.403. The summed E-state index contributed by atoms with van der Waals surface area (Å²) in [6.07, 6.45) is 18.1. The van der Waals surface area contributed by atoms with Gasteiger partial charge in [0.25, 0.3) is 0 Å². The third-order valence-corrected chi connectivity index (χ3v) is 9.32. The first-order chi connectivity index (χ1) is 13.5. The van der Waals surface area contributed by atoms with E-state index < -0.39 is 6.17 Å². The van der Waals surface area contributed by atoms with Gasteiger partial charge in [0.1, 0.15) is 6.17 Å². The average Bonchev–Trinajstić information content (AvgIpc) is 2.69. The number of alkyl halides is 1. The van der Waals surface area contributed by atoms with Gasteiger partial charge in [-0.25, -0.2) is 4.39 Å². The van der Waals surface area contributed by atoms with Crippen molar-refractivity contribution in [2.45, 2.75) is 124 Å². The van der Waals surface area contributed by atoms with Crippen molar-refractivity contribution in [1.29, 1.82) is 0 Å². The molecule has 28 heavy (non-hydrogen) atoms. The summed E-state index contributed by atoms with van der Waals surface area (Å²) in [5, 5.41) is 0. The summed E-state index contributed by atoms with van der Waals surface area (Å²) >= 11 is 0. The first-order valence-electron chi connectivity index (χ1n) is 13.1. The smallest absolute Gasteiger partial charge is 0.103 e. The second-order valence-electron chi connectivity index (χ2n) is 11.6. The number of hydrogen-bond donors (Lipinski definition) is 0. The van der Waals surface area contributed by atoms with Gasteiger partial charge in [0, 0.05) is 0 Å². The molecule has 0 spiro atoms. The molecule has 3 aliphatic rings. The summed E-state index contributed by atoms with van der Waals surface area (Å²) in [7, 11) is 0. The van der Waals surface area contributed by atoms with Crippen LogP contribution in [0.15, 0.2) is 0 Å². The fraction of sp³-hybridized carbons (Fsp3) is 1.00. The van der Waals surface area contributed by atoms with E-state index in [1.807, 2.05) is 0 Å². The Hall–Kier alpha value is -0.0700. The summed E-state index contributed by atoms with van der Waals surface area (Å²) in [6.45, 7) is 9.50. The molecule has 0 aliphatic heterocycles. The van der Waals surface area contributed by atoms with Crippen molar-refractivity contribution in [2.24, 2.45) is 47.3 Å². The normalized spacial score (nSPS) is 41.1. The SMILES string of the molecule is CCC(CCC(C)C)C1CCC(C2CCC(C3CCC(C)CC3)C(F)C2)CC1. The molecule has 164 valence electrons. The van der Waals surface area contributed by atoms with Crippen LogP contribution in [-0.4, -0.2) is 6.17 Å². The fourth-order valence-electron chi connectivity index (χ4n) is 7.25. The van der Waals surface area contributed by atoms with Gasteiger partial charge in [-0.05, 0) is 112 Å². The van der Waals surface area contributed by atoms with E-state index in [0.717, 1.165) is 36.0 Å². The van der Waals surface area contributed by atoms with E-state index in [0.29, 0.717) is 17.8 Å². The van der Waals surface area contributed by atoms with Gasteiger partial charge >= 0.3 is 0 Å². The van der Waals surface area contributed by atoms with Crippen LogP contribution in [0, 0.1) is 47.3 Å². The van der Waals surface area contributed by atoms with Gasteiger partial charge in [-0.15, -0.1) is 0 Å². The third kappa shape index (κ3) is 5.98. The zero-order valence-corrected chi connectivity index (χ0v) is 19.5. The van der Waals surface area contributed by atoms with Gasteiger partial charge in [0.2, 0.25) is 0 Å². The van der Waals surface area contributed by atoms with Crippen LogP contribution >= 0.6 is 0 Å². The van der Waals surface area contributed by atoms with Crippen LogP contribution in [0.4, 0.5) is 4.39 Å². The Labute approximate surface area is 175 Å². The highest BCUT2D eigenvalue weighted by atomic mass is 19.1. The molecular weight excluding hydrogens is 343 g/mol. The lowest BCUT2D eigenvalue weighted by Gasteiger charge is -2.43. The standard InChI is InChI=1S/C27H49F/c1-5-21(9-6-19(2)3)22-12-14-23(15-13-22)25-16-17-26(27(28)18-25)24-10-7-20(4)8-11-24/h19-27H,5-18H2,1-4H3. The molecule has 0 nitrogen and oxygen atoms in total. The zero-order chi connectivity index (χ0) is 20.1. The molecule has 0 saturated heterocycles. The Bertz CT molecular complexity index is 428. The highest BCUT2D eigenvalue weighted by Crippen LogP contribution is 2.48. The Kier molecular flexibility index (Phi) is 8.73. The predicted octanol–water partition coefficient (Wildman–Crippen LogP) is 8.84. The molecule has 3 fully saturated rings. The number of halogens is 1. The summed E-state index contributed by atoms with van der Waals surface area (Å²) in [6, 6.07) is 0. The molecule has 0 amide bonds. The summed E-state index contributed by atoms with van der Waals surface area (Å²) < 4.78 is 15.2. The van der Waals surface area contributed by atoms with Gasteiger partial charge < -0.3 is 0 Å². The largest absolute Gasteiger partial charge is 0.247 e. The van der Waals surface area contributed by atoms with E-state index in [9.17, 15) is 0 Å². The van der Waals surface area contributed by atoms with Crippen molar-refractivity contribution in [1.82, 2.24) is 0 Å². The topological polar surface area (TPSA) is 0 Å². The van der Waals surface area contributed by atoms with Crippen LogP contribution in [0.25, 0.3) is 0 Å². The van der Waals surface area contributed by atoms with Gasteiger partial charge in [-0.3, -0.25) is 0 Å². The lowest BCUT2D eigenvalue weighted by molar-refractivity contribution is 0.0310. The van der Waals surface area contributed by atoms with Crippen LogP contribution in [0.2, 0.25) is 0 Å². The molecule has 0 radical (unpaired) electrons. The molecule has 4 unspecified atom stereocenters. The third-order valence-electron chi connectivity index (χ3n) is 9.32. The quantitative estimate of drug-likeness (QED) is 0.406. The molecule has 3 rings (SSSR count). The molecule has 3 aliphatic carbocycles. The van der Waals surface area contributed by atoms with Crippen molar-refractivity contribution in [2.75, 3.05) is 0 Å². The molecule has 0 aromatic rings. The van der Waals surface area contributed by atoms with Gasteiger partial charge in [0.05, 0.1) is 0 Å². The van der Waals surface area contributed by atoms with Crippen LogP contribution in [0.1, 0.15) is 118 Å². The predicted molar refractivity (Wildman–Crippen MR) is 120 cm³/mol. The van der Waals surface area contributed by atoms with Crippen molar-refractivity contribution >= 4 is 0 Å². The Balaban J connectivity index is 1.43. The first-order valence-corrected chi connectivity index (χ1v) is 13.1. The highest BCUT2D eigenvalue weighted by Gasteiger charge is 2.40. The highest BCUT2D eigenvalue weighted by molar-refractivity contribution is 4.90.